The van der Waals surface area contributed by atoms with Crippen LogP contribution in [-0.2, 0) is 28.6 Å². The molecule has 0 aliphatic rings. The molecule has 0 rings (SSSR count). The zero-order chi connectivity index (χ0) is 59.2. The maximum atomic E-state index is 13.0. The Morgan fingerprint density at radius 1 is 0.256 bits per heavy atom. The summed E-state index contributed by atoms with van der Waals surface area (Å²) in [5.41, 5.74) is 0. The van der Waals surface area contributed by atoms with Crippen LogP contribution in [0.4, 0.5) is 0 Å². The topological polar surface area (TPSA) is 78.9 Å². The van der Waals surface area contributed by atoms with E-state index in [1.165, 1.54) is 263 Å². The summed E-state index contributed by atoms with van der Waals surface area (Å²) in [4.78, 5) is 38.5. The van der Waals surface area contributed by atoms with Crippen molar-refractivity contribution in [3.63, 3.8) is 0 Å². The molecule has 0 bridgehead atoms. The van der Waals surface area contributed by atoms with Crippen LogP contribution in [0, 0.1) is 0 Å². The minimum atomic E-state index is -0.777. The van der Waals surface area contributed by atoms with E-state index in [1.807, 2.05) is 0 Å². The first-order valence-electron chi connectivity index (χ1n) is 36.3. The summed E-state index contributed by atoms with van der Waals surface area (Å²) < 4.78 is 17.0. The number of hydrogen-bond acceptors (Lipinski definition) is 6. The number of ether oxygens (including phenoxy) is 3. The molecular formula is C76H138O6. The molecule has 0 amide bonds. The maximum absolute atomic E-state index is 13.0. The van der Waals surface area contributed by atoms with E-state index in [0.717, 1.165) is 83.5 Å². The summed E-state index contributed by atoms with van der Waals surface area (Å²) in [5, 5.41) is 0. The van der Waals surface area contributed by atoms with E-state index >= 15 is 0 Å². The second kappa shape index (κ2) is 70.6. The molecule has 0 aromatic rings. The molecule has 6 heteroatoms. The molecule has 0 aliphatic carbocycles. The fourth-order valence-corrected chi connectivity index (χ4v) is 10.8. The predicted octanol–water partition coefficient (Wildman–Crippen LogP) is 25.1. The summed E-state index contributed by atoms with van der Waals surface area (Å²) in [6.07, 6.45) is 91.0. The third kappa shape index (κ3) is 67.9. The molecule has 0 fully saturated rings. The Kier molecular flexibility index (Phi) is 68.1. The highest BCUT2D eigenvalue weighted by Gasteiger charge is 2.19. The van der Waals surface area contributed by atoms with E-state index in [9.17, 15) is 14.4 Å². The maximum Gasteiger partial charge on any atom is 0.306 e. The van der Waals surface area contributed by atoms with Crippen molar-refractivity contribution in [1.29, 1.82) is 0 Å². The molecular weight excluding hydrogens is 1010 g/mol. The lowest BCUT2D eigenvalue weighted by Crippen LogP contribution is -2.30. The van der Waals surface area contributed by atoms with Crippen LogP contribution >= 0.6 is 0 Å². The van der Waals surface area contributed by atoms with Crippen LogP contribution in [0.3, 0.4) is 0 Å². The Bertz CT molecular complexity index is 1460. The number of allylic oxidation sites excluding steroid dienone is 10. The zero-order valence-electron chi connectivity index (χ0n) is 55.0. The smallest absolute Gasteiger partial charge is 0.306 e. The second-order valence-corrected chi connectivity index (χ2v) is 24.5. The first-order chi connectivity index (χ1) is 40.5. The summed E-state index contributed by atoms with van der Waals surface area (Å²) in [6.45, 7) is 6.60. The van der Waals surface area contributed by atoms with Crippen molar-refractivity contribution >= 4 is 17.9 Å². The molecule has 82 heavy (non-hydrogen) atoms. The molecule has 0 N–H and O–H groups in total. The normalized spacial score (nSPS) is 12.4. The number of hydrogen-bond donors (Lipinski definition) is 0. The van der Waals surface area contributed by atoms with Gasteiger partial charge in [0.25, 0.3) is 0 Å². The van der Waals surface area contributed by atoms with Crippen molar-refractivity contribution in [2.75, 3.05) is 13.2 Å². The molecule has 0 spiro atoms. The molecule has 0 saturated heterocycles. The summed E-state index contributed by atoms with van der Waals surface area (Å²) in [6, 6.07) is 0. The monoisotopic (exact) mass is 1150 g/mol. The number of esters is 3. The highest BCUT2D eigenvalue weighted by Crippen LogP contribution is 2.18. The van der Waals surface area contributed by atoms with Crippen LogP contribution in [0.1, 0.15) is 387 Å². The van der Waals surface area contributed by atoms with Gasteiger partial charge < -0.3 is 14.2 Å². The molecule has 0 radical (unpaired) electrons. The lowest BCUT2D eigenvalue weighted by Gasteiger charge is -2.18. The van der Waals surface area contributed by atoms with Gasteiger partial charge in [-0.3, -0.25) is 14.4 Å². The molecule has 478 valence electrons. The van der Waals surface area contributed by atoms with Gasteiger partial charge in [-0.25, -0.2) is 0 Å². The van der Waals surface area contributed by atoms with Gasteiger partial charge in [0, 0.05) is 19.3 Å². The first kappa shape index (κ1) is 79.1. The molecule has 1 unspecified atom stereocenters. The number of rotatable bonds is 67. The summed E-state index contributed by atoms with van der Waals surface area (Å²) in [7, 11) is 0. The molecule has 1 atom stereocenters. The van der Waals surface area contributed by atoms with Crippen LogP contribution in [-0.4, -0.2) is 37.2 Å². The van der Waals surface area contributed by atoms with E-state index in [0.29, 0.717) is 19.3 Å². The highest BCUT2D eigenvalue weighted by atomic mass is 16.6. The fourth-order valence-electron chi connectivity index (χ4n) is 10.8. The molecule has 0 heterocycles. The van der Waals surface area contributed by atoms with Crippen molar-refractivity contribution in [3.8, 4) is 0 Å². The quantitative estimate of drug-likeness (QED) is 0.0261. The predicted molar refractivity (Wildman–Crippen MR) is 358 cm³/mol. The van der Waals surface area contributed by atoms with Gasteiger partial charge in [-0.15, -0.1) is 0 Å². The number of carbonyl (C=O) groups excluding carboxylic acids is 3. The third-order valence-corrected chi connectivity index (χ3v) is 16.3. The Hall–Kier alpha value is -2.89. The van der Waals surface area contributed by atoms with Gasteiger partial charge in [0.15, 0.2) is 6.10 Å². The highest BCUT2D eigenvalue weighted by molar-refractivity contribution is 5.71. The van der Waals surface area contributed by atoms with Gasteiger partial charge in [0.05, 0.1) is 0 Å². The van der Waals surface area contributed by atoms with E-state index in [-0.39, 0.29) is 31.1 Å². The van der Waals surface area contributed by atoms with Gasteiger partial charge in [0.1, 0.15) is 13.2 Å². The minimum absolute atomic E-state index is 0.0715. The fraction of sp³-hybridized carbons (Fsp3) is 0.829. The van der Waals surface area contributed by atoms with Gasteiger partial charge in [-0.2, -0.15) is 0 Å². The molecule has 6 nitrogen and oxygen atoms in total. The van der Waals surface area contributed by atoms with Crippen LogP contribution in [0.15, 0.2) is 60.8 Å². The number of carbonyl (C=O) groups is 3. The van der Waals surface area contributed by atoms with Crippen molar-refractivity contribution in [2.45, 2.75) is 393 Å². The van der Waals surface area contributed by atoms with Crippen LogP contribution in [0.5, 0.6) is 0 Å². The first-order valence-corrected chi connectivity index (χ1v) is 36.3. The summed E-state index contributed by atoms with van der Waals surface area (Å²) in [5.74, 6) is -0.850. The van der Waals surface area contributed by atoms with E-state index in [1.54, 1.807) is 0 Å². The van der Waals surface area contributed by atoms with Gasteiger partial charge >= 0.3 is 17.9 Å². The van der Waals surface area contributed by atoms with Crippen molar-refractivity contribution in [2.24, 2.45) is 0 Å². The van der Waals surface area contributed by atoms with Gasteiger partial charge in [-0.05, 0) is 83.5 Å². The van der Waals surface area contributed by atoms with Crippen molar-refractivity contribution in [3.05, 3.63) is 60.8 Å². The Labute approximate surface area is 510 Å². The van der Waals surface area contributed by atoms with Gasteiger partial charge in [0.2, 0.25) is 0 Å². The Balaban J connectivity index is 4.34. The Morgan fingerprint density at radius 3 is 0.756 bits per heavy atom. The van der Waals surface area contributed by atoms with Gasteiger partial charge in [-0.1, -0.05) is 345 Å². The van der Waals surface area contributed by atoms with Crippen molar-refractivity contribution < 1.29 is 28.6 Å². The lowest BCUT2D eigenvalue weighted by molar-refractivity contribution is -0.167. The zero-order valence-corrected chi connectivity index (χ0v) is 55.0. The average molecular weight is 1150 g/mol. The third-order valence-electron chi connectivity index (χ3n) is 16.3. The van der Waals surface area contributed by atoms with Crippen LogP contribution in [0.25, 0.3) is 0 Å². The average Bonchev–Trinajstić information content (AvgIpc) is 3.47. The SMILES string of the molecule is CC/C=C\C/C=C\C/C=C\C/C=C\CCCCCCCCCCCCC(=O)OCC(COC(=O)CCCCCCCCCCCCCCCCCCCCCC)OC(=O)CCCCCCCCCCC/C=C\CCCCCCCCCC. The largest absolute Gasteiger partial charge is 0.462 e. The van der Waals surface area contributed by atoms with E-state index in [4.69, 9.17) is 14.2 Å². The van der Waals surface area contributed by atoms with E-state index < -0.39 is 6.10 Å². The van der Waals surface area contributed by atoms with Crippen LogP contribution < -0.4 is 0 Å². The lowest BCUT2D eigenvalue weighted by atomic mass is 10.0. The molecule has 0 aromatic carbocycles. The summed E-state index contributed by atoms with van der Waals surface area (Å²) >= 11 is 0. The second-order valence-electron chi connectivity index (χ2n) is 24.5. The number of unbranched alkanes of at least 4 members (excludes halogenated alkanes) is 46. The standard InChI is InChI=1S/C76H138O6/c1-4-7-10-13-16-19-22-25-28-31-34-37-38-40-42-45-48-51-54-57-60-63-66-69-75(78)81-72-73(71-80-74(77)68-65-62-59-56-53-50-47-44-41-36-33-30-27-24-21-18-15-12-9-6-3)82-76(79)70-67-64-61-58-55-52-49-46-43-39-35-32-29-26-23-20-17-14-11-8-5-2/h7,10,16,19,25,28,32,34-35,37,73H,4-6,8-9,11-15,17-18,20-24,26-27,29-31,33,36,38-72H2,1-3H3/b10-7-,19-16-,28-25-,35-32-,37-34-. The van der Waals surface area contributed by atoms with Crippen molar-refractivity contribution in [1.82, 2.24) is 0 Å². The van der Waals surface area contributed by atoms with Crippen LogP contribution in [0.2, 0.25) is 0 Å². The Morgan fingerprint density at radius 2 is 0.476 bits per heavy atom. The molecule has 0 saturated carbocycles. The molecule has 0 aliphatic heterocycles. The minimum Gasteiger partial charge on any atom is -0.462 e. The van der Waals surface area contributed by atoms with E-state index in [2.05, 4.69) is 81.5 Å². The molecule has 0 aromatic heterocycles.